The fraction of sp³-hybridized carbons (Fsp3) is 0.533. The van der Waals surface area contributed by atoms with Crippen LogP contribution in [0.4, 0.5) is 5.69 Å². The van der Waals surface area contributed by atoms with Crippen molar-refractivity contribution in [3.63, 3.8) is 0 Å². The lowest BCUT2D eigenvalue weighted by molar-refractivity contribution is -0.121. The lowest BCUT2D eigenvalue weighted by Gasteiger charge is -2.23. The van der Waals surface area contributed by atoms with Crippen molar-refractivity contribution in [3.05, 3.63) is 29.8 Å². The first-order valence-electron chi connectivity index (χ1n) is 6.38. The summed E-state index contributed by atoms with van der Waals surface area (Å²) in [6, 6.07) is 8.47. The molecule has 1 aliphatic heterocycles. The summed E-state index contributed by atoms with van der Waals surface area (Å²) in [4.78, 5) is 14.0. The van der Waals surface area contributed by atoms with Crippen molar-refractivity contribution in [2.45, 2.75) is 39.0 Å². The van der Waals surface area contributed by atoms with Crippen LogP contribution in [0.3, 0.4) is 0 Å². The second kappa shape index (κ2) is 4.52. The molecule has 0 spiro atoms. The van der Waals surface area contributed by atoms with Gasteiger partial charge in [0.25, 0.3) is 0 Å². The Morgan fingerprint density at radius 2 is 1.65 bits per heavy atom. The molecule has 2 rings (SSSR count). The topological polar surface area (TPSA) is 20.3 Å². The van der Waals surface area contributed by atoms with Crippen molar-refractivity contribution in [2.75, 3.05) is 18.0 Å². The second-order valence-electron chi connectivity index (χ2n) is 5.42. The van der Waals surface area contributed by atoms with E-state index in [0.717, 1.165) is 18.7 Å². The molecule has 0 unspecified atom stereocenters. The van der Waals surface area contributed by atoms with Crippen molar-refractivity contribution in [1.82, 2.24) is 0 Å². The van der Waals surface area contributed by atoms with Crippen LogP contribution in [0.25, 0.3) is 0 Å². The van der Waals surface area contributed by atoms with E-state index < -0.39 is 0 Å². The summed E-state index contributed by atoms with van der Waals surface area (Å²) in [6.45, 7) is 7.96. The lowest BCUT2D eigenvalue weighted by atomic mass is 9.81. The van der Waals surface area contributed by atoms with Crippen molar-refractivity contribution in [2.24, 2.45) is 0 Å². The largest absolute Gasteiger partial charge is 0.372 e. The average molecular weight is 231 g/mol. The Hall–Kier alpha value is -1.31. The Balaban J connectivity index is 2.20. The van der Waals surface area contributed by atoms with Gasteiger partial charge in [0.15, 0.2) is 0 Å². The zero-order valence-electron chi connectivity index (χ0n) is 11.0. The van der Waals surface area contributed by atoms with Gasteiger partial charge >= 0.3 is 0 Å². The number of carbonyl (C=O) groups excluding carboxylic acids is 1. The summed E-state index contributed by atoms with van der Waals surface area (Å²) in [5, 5.41) is 0. The van der Waals surface area contributed by atoms with Crippen molar-refractivity contribution < 1.29 is 4.79 Å². The highest BCUT2D eigenvalue weighted by Crippen LogP contribution is 2.27. The van der Waals surface area contributed by atoms with Gasteiger partial charge < -0.3 is 4.90 Å². The molecule has 1 fully saturated rings. The van der Waals surface area contributed by atoms with Crippen LogP contribution in [0.5, 0.6) is 0 Å². The summed E-state index contributed by atoms with van der Waals surface area (Å²) in [5.41, 5.74) is 2.02. The van der Waals surface area contributed by atoms with Gasteiger partial charge in [-0.3, -0.25) is 4.79 Å². The van der Waals surface area contributed by atoms with Crippen LogP contribution in [0.15, 0.2) is 24.3 Å². The fourth-order valence-electron chi connectivity index (χ4n) is 2.27. The second-order valence-corrected chi connectivity index (χ2v) is 5.42. The summed E-state index contributed by atoms with van der Waals surface area (Å²) in [7, 11) is 0. The highest BCUT2D eigenvalue weighted by Gasteiger charge is 2.26. The predicted octanol–water partition coefficient (Wildman–Crippen LogP) is 3.15. The van der Waals surface area contributed by atoms with Gasteiger partial charge in [0.05, 0.1) is 0 Å². The number of anilines is 1. The van der Waals surface area contributed by atoms with E-state index in [1.807, 2.05) is 13.8 Å². The Morgan fingerprint density at radius 3 is 2.12 bits per heavy atom. The molecule has 0 bridgehead atoms. The number of benzene rings is 1. The smallest absolute Gasteiger partial charge is 0.139 e. The first kappa shape index (κ1) is 12.2. The fourth-order valence-corrected chi connectivity index (χ4v) is 2.27. The molecule has 0 saturated carbocycles. The van der Waals surface area contributed by atoms with Crippen LogP contribution in [0, 0.1) is 0 Å². The van der Waals surface area contributed by atoms with Gasteiger partial charge in [-0.1, -0.05) is 12.1 Å². The highest BCUT2D eigenvalue weighted by atomic mass is 16.1. The molecule has 0 aliphatic carbocycles. The first-order chi connectivity index (χ1) is 8.01. The zero-order valence-corrected chi connectivity index (χ0v) is 11.0. The Labute approximate surface area is 104 Å². The Kier molecular flexibility index (Phi) is 3.23. The van der Waals surface area contributed by atoms with Crippen LogP contribution >= 0.6 is 0 Å². The van der Waals surface area contributed by atoms with Crippen LogP contribution in [-0.4, -0.2) is 18.9 Å². The van der Waals surface area contributed by atoms with E-state index in [1.54, 1.807) is 6.92 Å². The molecule has 92 valence electrons. The SMILES string of the molecule is CC(=O)C(C)(C)c1ccc(N2CCCC2)cc1. The zero-order chi connectivity index (χ0) is 12.5. The molecule has 2 nitrogen and oxygen atoms in total. The monoisotopic (exact) mass is 231 g/mol. The molecular weight excluding hydrogens is 210 g/mol. The summed E-state index contributed by atoms with van der Waals surface area (Å²) < 4.78 is 0. The van der Waals surface area contributed by atoms with Gasteiger partial charge in [0.2, 0.25) is 0 Å². The van der Waals surface area contributed by atoms with E-state index in [2.05, 4.69) is 29.2 Å². The van der Waals surface area contributed by atoms with E-state index in [4.69, 9.17) is 0 Å². The Bertz CT molecular complexity index is 399. The average Bonchev–Trinajstić information content (AvgIpc) is 2.82. The van der Waals surface area contributed by atoms with Gasteiger partial charge in [0, 0.05) is 24.2 Å². The molecule has 1 saturated heterocycles. The molecule has 0 radical (unpaired) electrons. The van der Waals surface area contributed by atoms with Gasteiger partial charge in [-0.15, -0.1) is 0 Å². The van der Waals surface area contributed by atoms with E-state index in [9.17, 15) is 4.79 Å². The van der Waals surface area contributed by atoms with Crippen molar-refractivity contribution in [1.29, 1.82) is 0 Å². The maximum Gasteiger partial charge on any atom is 0.139 e. The minimum atomic E-state index is -0.371. The minimum absolute atomic E-state index is 0.214. The molecule has 0 N–H and O–H groups in total. The number of Topliss-reactive ketones (excluding diaryl/α,β-unsaturated/α-hetero) is 1. The molecule has 1 aromatic carbocycles. The minimum Gasteiger partial charge on any atom is -0.372 e. The van der Waals surface area contributed by atoms with Crippen LogP contribution in [0.2, 0.25) is 0 Å². The molecule has 1 aromatic rings. The summed E-state index contributed by atoms with van der Waals surface area (Å²) in [5.74, 6) is 0.214. The molecule has 17 heavy (non-hydrogen) atoms. The third kappa shape index (κ3) is 2.36. The molecule has 1 aliphatic rings. The van der Waals surface area contributed by atoms with E-state index in [0.29, 0.717) is 0 Å². The number of hydrogen-bond donors (Lipinski definition) is 0. The Morgan fingerprint density at radius 1 is 1.12 bits per heavy atom. The van der Waals surface area contributed by atoms with Crippen LogP contribution in [0.1, 0.15) is 39.2 Å². The maximum atomic E-state index is 11.6. The number of nitrogens with zero attached hydrogens (tertiary/aromatic N) is 1. The maximum absolute atomic E-state index is 11.6. The number of ketones is 1. The van der Waals surface area contributed by atoms with E-state index in [-0.39, 0.29) is 11.2 Å². The molecule has 0 atom stereocenters. The van der Waals surface area contributed by atoms with E-state index in [1.165, 1.54) is 18.5 Å². The first-order valence-corrected chi connectivity index (χ1v) is 6.38. The number of rotatable bonds is 3. The van der Waals surface area contributed by atoms with Crippen molar-refractivity contribution in [3.8, 4) is 0 Å². The summed E-state index contributed by atoms with van der Waals surface area (Å²) in [6.07, 6.45) is 2.58. The standard InChI is InChI=1S/C15H21NO/c1-12(17)15(2,3)13-6-8-14(9-7-13)16-10-4-5-11-16/h6-9H,4-5,10-11H2,1-3H3. The molecule has 0 amide bonds. The van der Waals surface area contributed by atoms with Gasteiger partial charge in [-0.05, 0) is 51.3 Å². The molecule has 2 heteroatoms. The lowest BCUT2D eigenvalue weighted by Crippen LogP contribution is -2.26. The van der Waals surface area contributed by atoms with Gasteiger partial charge in [-0.2, -0.15) is 0 Å². The molecule has 1 heterocycles. The van der Waals surface area contributed by atoms with E-state index >= 15 is 0 Å². The third-order valence-corrected chi connectivity index (χ3v) is 3.94. The van der Waals surface area contributed by atoms with Crippen LogP contribution < -0.4 is 4.90 Å². The van der Waals surface area contributed by atoms with Crippen molar-refractivity contribution >= 4 is 11.5 Å². The summed E-state index contributed by atoms with van der Waals surface area (Å²) >= 11 is 0. The predicted molar refractivity (Wildman–Crippen MR) is 71.6 cm³/mol. The van der Waals surface area contributed by atoms with Crippen LogP contribution in [-0.2, 0) is 10.2 Å². The quantitative estimate of drug-likeness (QED) is 0.796. The van der Waals surface area contributed by atoms with Gasteiger partial charge in [-0.25, -0.2) is 0 Å². The third-order valence-electron chi connectivity index (χ3n) is 3.94. The highest BCUT2D eigenvalue weighted by molar-refractivity contribution is 5.87. The number of carbonyl (C=O) groups is 1. The molecular formula is C15H21NO. The number of hydrogen-bond acceptors (Lipinski definition) is 2. The van der Waals surface area contributed by atoms with Gasteiger partial charge in [0.1, 0.15) is 5.78 Å². The normalized spacial score (nSPS) is 16.3. The molecule has 0 aromatic heterocycles.